The van der Waals surface area contributed by atoms with Crippen molar-refractivity contribution in [1.82, 2.24) is 5.32 Å². The number of carbonyl (C=O) groups is 1. The van der Waals surface area contributed by atoms with E-state index in [0.29, 0.717) is 15.9 Å². The number of nitrogens with one attached hydrogen (secondary N) is 1. The van der Waals surface area contributed by atoms with E-state index in [1.807, 2.05) is 0 Å². The van der Waals surface area contributed by atoms with Crippen molar-refractivity contribution in [2.45, 2.75) is 0 Å². The summed E-state index contributed by atoms with van der Waals surface area (Å²) in [5.74, 6) is 0.0614. The second-order valence-electron chi connectivity index (χ2n) is 2.88. The highest BCUT2D eigenvalue weighted by molar-refractivity contribution is 9.10. The first-order valence-corrected chi connectivity index (χ1v) is 5.25. The van der Waals surface area contributed by atoms with Gasteiger partial charge in [0, 0.05) is 0 Å². The molecule has 0 unspecified atom stereocenters. The second kappa shape index (κ2) is 5.98. The first kappa shape index (κ1) is 12.3. The van der Waals surface area contributed by atoms with Crippen LogP contribution in [0.1, 0.15) is 0 Å². The Kier molecular flexibility index (Phi) is 4.61. The molecule has 1 aromatic carbocycles. The van der Waals surface area contributed by atoms with Gasteiger partial charge in [-0.2, -0.15) is 5.26 Å². The lowest BCUT2D eigenvalue weighted by Crippen LogP contribution is -2.29. The SMILES string of the molecule is N#CCNC(=O)COc1c(N)cccc1Br. The van der Waals surface area contributed by atoms with Gasteiger partial charge in [-0.15, -0.1) is 0 Å². The predicted octanol–water partition coefficient (Wildman–Crippen LogP) is 1.05. The van der Waals surface area contributed by atoms with Crippen molar-refractivity contribution in [3.63, 3.8) is 0 Å². The molecule has 0 fully saturated rings. The highest BCUT2D eigenvalue weighted by atomic mass is 79.9. The average molecular weight is 284 g/mol. The van der Waals surface area contributed by atoms with Crippen LogP contribution in [0.3, 0.4) is 0 Å². The van der Waals surface area contributed by atoms with E-state index in [0.717, 1.165) is 0 Å². The van der Waals surface area contributed by atoms with Crippen molar-refractivity contribution in [1.29, 1.82) is 5.26 Å². The van der Waals surface area contributed by atoms with Crippen molar-refractivity contribution < 1.29 is 9.53 Å². The number of nitriles is 1. The lowest BCUT2D eigenvalue weighted by Gasteiger charge is -2.09. The molecule has 6 heteroatoms. The fourth-order valence-corrected chi connectivity index (χ4v) is 1.50. The fraction of sp³-hybridized carbons (Fsp3) is 0.200. The van der Waals surface area contributed by atoms with Gasteiger partial charge in [0.05, 0.1) is 16.2 Å². The van der Waals surface area contributed by atoms with Crippen molar-refractivity contribution in [2.24, 2.45) is 0 Å². The van der Waals surface area contributed by atoms with Crippen LogP contribution < -0.4 is 15.8 Å². The number of hydrogen-bond donors (Lipinski definition) is 2. The molecule has 16 heavy (non-hydrogen) atoms. The van der Waals surface area contributed by atoms with Gasteiger partial charge >= 0.3 is 0 Å². The summed E-state index contributed by atoms with van der Waals surface area (Å²) < 4.78 is 5.91. The Bertz CT molecular complexity index is 408. The zero-order chi connectivity index (χ0) is 12.0. The molecule has 0 saturated heterocycles. The number of halogens is 1. The molecule has 0 aliphatic rings. The van der Waals surface area contributed by atoms with E-state index in [1.54, 1.807) is 24.3 Å². The molecule has 3 N–H and O–H groups in total. The van der Waals surface area contributed by atoms with Crippen LogP contribution in [0.4, 0.5) is 5.69 Å². The highest BCUT2D eigenvalue weighted by Gasteiger charge is 2.07. The third-order valence-electron chi connectivity index (χ3n) is 1.71. The molecule has 1 amide bonds. The minimum absolute atomic E-state index is 0.0341. The van der Waals surface area contributed by atoms with Crippen LogP contribution in [-0.2, 0) is 4.79 Å². The molecule has 0 atom stereocenters. The van der Waals surface area contributed by atoms with Crippen molar-refractivity contribution in [3.8, 4) is 11.8 Å². The Hall–Kier alpha value is -1.74. The minimum Gasteiger partial charge on any atom is -0.480 e. The summed E-state index contributed by atoms with van der Waals surface area (Å²) in [5.41, 5.74) is 6.12. The summed E-state index contributed by atoms with van der Waals surface area (Å²) in [5, 5.41) is 10.6. The number of para-hydroxylation sites is 1. The van der Waals surface area contributed by atoms with E-state index in [1.165, 1.54) is 0 Å². The van der Waals surface area contributed by atoms with Gasteiger partial charge in [0.2, 0.25) is 0 Å². The van der Waals surface area contributed by atoms with Crippen LogP contribution >= 0.6 is 15.9 Å². The Labute approximate surface area is 101 Å². The van der Waals surface area contributed by atoms with Crippen LogP contribution in [0.5, 0.6) is 5.75 Å². The third kappa shape index (κ3) is 3.44. The van der Waals surface area contributed by atoms with Gasteiger partial charge in [0.1, 0.15) is 6.54 Å². The summed E-state index contributed by atoms with van der Waals surface area (Å²) in [6, 6.07) is 7.00. The minimum atomic E-state index is -0.364. The Balaban J connectivity index is 2.55. The fourth-order valence-electron chi connectivity index (χ4n) is 1.00. The van der Waals surface area contributed by atoms with E-state index < -0.39 is 0 Å². The van der Waals surface area contributed by atoms with Gasteiger partial charge in [-0.3, -0.25) is 4.79 Å². The van der Waals surface area contributed by atoms with Gasteiger partial charge in [0.15, 0.2) is 12.4 Å². The zero-order valence-corrected chi connectivity index (χ0v) is 9.95. The van der Waals surface area contributed by atoms with E-state index in [2.05, 4.69) is 21.2 Å². The molecule has 0 aliphatic carbocycles. The molecule has 0 heterocycles. The Morgan fingerprint density at radius 3 is 3.00 bits per heavy atom. The molecule has 0 aromatic heterocycles. The normalized spacial score (nSPS) is 9.25. The van der Waals surface area contributed by atoms with Gasteiger partial charge < -0.3 is 15.8 Å². The van der Waals surface area contributed by atoms with E-state index >= 15 is 0 Å². The Morgan fingerprint density at radius 1 is 1.62 bits per heavy atom. The number of amides is 1. The molecular weight excluding hydrogens is 274 g/mol. The summed E-state index contributed by atoms with van der Waals surface area (Å²) in [7, 11) is 0. The Morgan fingerprint density at radius 2 is 2.38 bits per heavy atom. The summed E-state index contributed by atoms with van der Waals surface area (Å²) in [6.07, 6.45) is 0. The molecule has 5 nitrogen and oxygen atoms in total. The number of rotatable bonds is 4. The molecule has 1 rings (SSSR count). The van der Waals surface area contributed by atoms with Crippen LogP contribution in [0.25, 0.3) is 0 Å². The zero-order valence-electron chi connectivity index (χ0n) is 8.37. The summed E-state index contributed by atoms with van der Waals surface area (Å²) >= 11 is 3.26. The number of nitrogen functional groups attached to an aromatic ring is 1. The lowest BCUT2D eigenvalue weighted by atomic mass is 10.3. The van der Waals surface area contributed by atoms with Crippen molar-refractivity contribution in [2.75, 3.05) is 18.9 Å². The van der Waals surface area contributed by atoms with Crippen molar-refractivity contribution >= 4 is 27.5 Å². The number of hydrogen-bond acceptors (Lipinski definition) is 4. The van der Waals surface area contributed by atoms with Crippen LogP contribution in [0, 0.1) is 11.3 Å². The van der Waals surface area contributed by atoms with Crippen molar-refractivity contribution in [3.05, 3.63) is 22.7 Å². The standard InChI is InChI=1S/C10H10BrN3O2/c11-7-2-1-3-8(13)10(7)16-6-9(15)14-5-4-12/h1-3H,5-6,13H2,(H,14,15). The first-order chi connectivity index (χ1) is 7.65. The molecule has 0 spiro atoms. The number of nitrogens with zero attached hydrogens (tertiary/aromatic N) is 1. The first-order valence-electron chi connectivity index (χ1n) is 4.45. The quantitative estimate of drug-likeness (QED) is 0.639. The second-order valence-corrected chi connectivity index (χ2v) is 3.74. The van der Waals surface area contributed by atoms with Gasteiger partial charge in [-0.05, 0) is 28.1 Å². The maximum Gasteiger partial charge on any atom is 0.258 e. The number of nitrogens with two attached hydrogens (primary N) is 1. The molecule has 84 valence electrons. The van der Waals surface area contributed by atoms with Gasteiger partial charge in [-0.25, -0.2) is 0 Å². The third-order valence-corrected chi connectivity index (χ3v) is 2.33. The maximum atomic E-state index is 11.2. The van der Waals surface area contributed by atoms with E-state index in [9.17, 15) is 4.79 Å². The maximum absolute atomic E-state index is 11.2. The number of carbonyl (C=O) groups excluding carboxylic acids is 1. The predicted molar refractivity (Wildman–Crippen MR) is 62.7 cm³/mol. The number of ether oxygens (including phenoxy) is 1. The van der Waals surface area contributed by atoms with Crippen LogP contribution in [0.15, 0.2) is 22.7 Å². The molecule has 1 aromatic rings. The molecule has 0 radical (unpaired) electrons. The molecular formula is C10H10BrN3O2. The average Bonchev–Trinajstić information content (AvgIpc) is 2.25. The largest absolute Gasteiger partial charge is 0.480 e. The monoisotopic (exact) mass is 283 g/mol. The summed E-state index contributed by atoms with van der Waals surface area (Å²) in [6.45, 7) is -0.206. The molecule has 0 bridgehead atoms. The highest BCUT2D eigenvalue weighted by Crippen LogP contribution is 2.30. The smallest absolute Gasteiger partial charge is 0.258 e. The lowest BCUT2D eigenvalue weighted by molar-refractivity contribution is -0.122. The van der Waals surface area contributed by atoms with Crippen LogP contribution in [0.2, 0.25) is 0 Å². The van der Waals surface area contributed by atoms with Gasteiger partial charge in [0.25, 0.3) is 5.91 Å². The number of anilines is 1. The topological polar surface area (TPSA) is 88.1 Å². The number of benzene rings is 1. The molecule has 0 saturated carbocycles. The molecule has 0 aliphatic heterocycles. The summed E-state index contributed by atoms with van der Waals surface area (Å²) in [4.78, 5) is 11.2. The van der Waals surface area contributed by atoms with E-state index in [4.69, 9.17) is 15.7 Å². The van der Waals surface area contributed by atoms with E-state index in [-0.39, 0.29) is 19.1 Å². The van der Waals surface area contributed by atoms with Gasteiger partial charge in [-0.1, -0.05) is 6.07 Å². The van der Waals surface area contributed by atoms with Crippen LogP contribution in [-0.4, -0.2) is 19.1 Å².